The van der Waals surface area contributed by atoms with Crippen LogP contribution in [0.4, 0.5) is 10.1 Å². The van der Waals surface area contributed by atoms with Crippen molar-refractivity contribution in [3.63, 3.8) is 0 Å². The fourth-order valence-electron chi connectivity index (χ4n) is 3.16. The van der Waals surface area contributed by atoms with Gasteiger partial charge >= 0.3 is 0 Å². The Morgan fingerprint density at radius 2 is 1.61 bits per heavy atom. The molecule has 0 bridgehead atoms. The van der Waals surface area contributed by atoms with E-state index in [2.05, 4.69) is 25.3 Å². The summed E-state index contributed by atoms with van der Waals surface area (Å²) in [4.78, 5) is 4.48. The van der Waals surface area contributed by atoms with E-state index in [0.717, 1.165) is 43.3 Å². The van der Waals surface area contributed by atoms with E-state index in [4.69, 9.17) is 4.74 Å². The Morgan fingerprint density at radius 3 is 2.29 bits per heavy atom. The number of halogens is 1. The fraction of sp³-hybridized carbons (Fsp3) is 0.250. The van der Waals surface area contributed by atoms with Crippen LogP contribution in [-0.2, 0) is 0 Å². The lowest BCUT2D eigenvalue weighted by atomic mass is 10.2. The fourth-order valence-corrected chi connectivity index (χ4v) is 3.16. The molecule has 0 N–H and O–H groups in total. The van der Waals surface area contributed by atoms with E-state index in [1.807, 2.05) is 48.7 Å². The van der Waals surface area contributed by atoms with Crippen molar-refractivity contribution >= 4 is 11.8 Å². The highest BCUT2D eigenvalue weighted by Gasteiger charge is 2.15. The first-order valence-corrected chi connectivity index (χ1v) is 9.08. The van der Waals surface area contributed by atoms with Gasteiger partial charge in [-0.05, 0) is 59.0 Å². The van der Waals surface area contributed by atoms with E-state index < -0.39 is 0 Å². The highest BCUT2D eigenvalue weighted by Crippen LogP contribution is 2.18. The Kier molecular flexibility index (Phi) is 5.18. The molecule has 7 nitrogen and oxygen atoms in total. The average molecular weight is 380 g/mol. The van der Waals surface area contributed by atoms with Gasteiger partial charge in [0.05, 0.1) is 12.8 Å². The van der Waals surface area contributed by atoms with Crippen LogP contribution in [0.1, 0.15) is 5.82 Å². The Bertz CT molecular complexity index is 930. The lowest BCUT2D eigenvalue weighted by Gasteiger charge is -2.35. The van der Waals surface area contributed by atoms with Crippen molar-refractivity contribution in [2.24, 2.45) is 0 Å². The number of nitrogens with zero attached hydrogens (tertiary/aromatic N) is 6. The molecule has 8 heteroatoms. The summed E-state index contributed by atoms with van der Waals surface area (Å²) in [6.45, 7) is 3.49. The maximum atomic E-state index is 13.1. The SMILES string of the molecule is COc1ccc(-n2nnnc2/C=C/N2CCN(c3ccc(F)cc3)CC2)cc1. The molecule has 144 valence electrons. The van der Waals surface area contributed by atoms with Gasteiger partial charge in [0.1, 0.15) is 11.6 Å². The minimum absolute atomic E-state index is 0.208. The predicted molar refractivity (Wildman–Crippen MR) is 105 cm³/mol. The first-order chi connectivity index (χ1) is 13.7. The molecule has 0 aliphatic carbocycles. The Balaban J connectivity index is 1.39. The van der Waals surface area contributed by atoms with Crippen LogP contribution >= 0.6 is 0 Å². The predicted octanol–water partition coefficient (Wildman–Crippen LogP) is 2.60. The van der Waals surface area contributed by atoms with Crippen LogP contribution in [0.25, 0.3) is 11.8 Å². The maximum absolute atomic E-state index is 13.1. The van der Waals surface area contributed by atoms with Crippen LogP contribution in [0.2, 0.25) is 0 Å². The van der Waals surface area contributed by atoms with E-state index in [9.17, 15) is 4.39 Å². The quantitative estimate of drug-likeness (QED) is 0.678. The first kappa shape index (κ1) is 18.0. The van der Waals surface area contributed by atoms with Crippen molar-refractivity contribution in [1.29, 1.82) is 0 Å². The Labute approximate surface area is 162 Å². The van der Waals surface area contributed by atoms with E-state index in [1.54, 1.807) is 11.8 Å². The number of tetrazole rings is 1. The molecule has 28 heavy (non-hydrogen) atoms. The minimum atomic E-state index is -0.208. The molecule has 2 aromatic carbocycles. The van der Waals surface area contributed by atoms with Crippen LogP contribution in [0.15, 0.2) is 54.7 Å². The number of aromatic nitrogens is 4. The van der Waals surface area contributed by atoms with Crippen LogP contribution in [0.5, 0.6) is 5.75 Å². The molecule has 4 rings (SSSR count). The second kappa shape index (κ2) is 8.08. The molecule has 1 saturated heterocycles. The Hall–Kier alpha value is -3.42. The third kappa shape index (κ3) is 3.95. The van der Waals surface area contributed by atoms with E-state index in [1.165, 1.54) is 12.1 Å². The summed E-state index contributed by atoms with van der Waals surface area (Å²) in [5.74, 6) is 1.24. The summed E-state index contributed by atoms with van der Waals surface area (Å²) in [5.41, 5.74) is 1.92. The van der Waals surface area contributed by atoms with Gasteiger partial charge in [-0.15, -0.1) is 5.10 Å². The molecule has 3 aromatic rings. The van der Waals surface area contributed by atoms with E-state index >= 15 is 0 Å². The molecular weight excluding hydrogens is 359 g/mol. The number of hydrogen-bond donors (Lipinski definition) is 0. The zero-order valence-corrected chi connectivity index (χ0v) is 15.6. The average Bonchev–Trinajstić information content (AvgIpc) is 3.22. The van der Waals surface area contributed by atoms with Gasteiger partial charge in [0.15, 0.2) is 5.82 Å². The van der Waals surface area contributed by atoms with Crippen molar-refractivity contribution in [2.75, 3.05) is 38.2 Å². The largest absolute Gasteiger partial charge is 0.497 e. The number of anilines is 1. The summed E-state index contributed by atoms with van der Waals surface area (Å²) in [6, 6.07) is 14.2. The summed E-state index contributed by atoms with van der Waals surface area (Å²) in [5, 5.41) is 12.0. The third-order valence-corrected chi connectivity index (χ3v) is 4.75. The highest BCUT2D eigenvalue weighted by molar-refractivity contribution is 5.48. The lowest BCUT2D eigenvalue weighted by molar-refractivity contribution is 0.351. The van der Waals surface area contributed by atoms with Crippen molar-refractivity contribution < 1.29 is 9.13 Å². The minimum Gasteiger partial charge on any atom is -0.497 e. The second-order valence-corrected chi connectivity index (χ2v) is 6.46. The van der Waals surface area contributed by atoms with E-state index in [0.29, 0.717) is 5.82 Å². The molecule has 1 aromatic heterocycles. The zero-order chi connectivity index (χ0) is 19.3. The molecule has 0 spiro atoms. The number of ether oxygens (including phenoxy) is 1. The molecule has 0 unspecified atom stereocenters. The summed E-state index contributed by atoms with van der Waals surface area (Å²) in [7, 11) is 1.63. The molecule has 0 radical (unpaired) electrons. The van der Waals surface area contributed by atoms with Crippen LogP contribution in [0, 0.1) is 5.82 Å². The highest BCUT2D eigenvalue weighted by atomic mass is 19.1. The zero-order valence-electron chi connectivity index (χ0n) is 15.6. The molecule has 2 heterocycles. The lowest BCUT2D eigenvalue weighted by Crippen LogP contribution is -2.44. The van der Waals surface area contributed by atoms with Crippen LogP contribution in [-0.4, -0.2) is 58.4 Å². The van der Waals surface area contributed by atoms with E-state index in [-0.39, 0.29) is 5.82 Å². The number of methoxy groups -OCH3 is 1. The molecule has 0 saturated carbocycles. The van der Waals surface area contributed by atoms with Crippen molar-refractivity contribution in [3.05, 3.63) is 66.4 Å². The van der Waals surface area contributed by atoms with Gasteiger partial charge in [-0.1, -0.05) is 0 Å². The monoisotopic (exact) mass is 380 g/mol. The third-order valence-electron chi connectivity index (χ3n) is 4.75. The Morgan fingerprint density at radius 1 is 0.929 bits per heavy atom. The van der Waals surface area contributed by atoms with Gasteiger partial charge in [-0.2, -0.15) is 4.68 Å². The second-order valence-electron chi connectivity index (χ2n) is 6.46. The van der Waals surface area contributed by atoms with Gasteiger partial charge in [0.2, 0.25) is 0 Å². The number of hydrogen-bond acceptors (Lipinski definition) is 6. The summed E-state index contributed by atoms with van der Waals surface area (Å²) in [6.07, 6.45) is 3.94. The molecule has 0 atom stereocenters. The van der Waals surface area contributed by atoms with Gasteiger partial charge in [0, 0.05) is 44.1 Å². The first-order valence-electron chi connectivity index (χ1n) is 9.08. The smallest absolute Gasteiger partial charge is 0.181 e. The van der Waals surface area contributed by atoms with Crippen molar-refractivity contribution in [2.45, 2.75) is 0 Å². The molecule has 1 aliphatic rings. The summed E-state index contributed by atoms with van der Waals surface area (Å²) < 4.78 is 20.0. The normalized spacial score (nSPS) is 14.6. The van der Waals surface area contributed by atoms with Gasteiger partial charge in [0.25, 0.3) is 0 Å². The standard InChI is InChI=1S/C20H21FN6O/c1-28-19-8-6-18(7-9-19)27-20(22-23-24-27)10-11-25-12-14-26(15-13-25)17-4-2-16(21)3-5-17/h2-11H,12-15H2,1H3/b11-10+. The van der Waals surface area contributed by atoms with Crippen LogP contribution in [0.3, 0.4) is 0 Å². The number of benzene rings is 2. The summed E-state index contributed by atoms with van der Waals surface area (Å²) >= 11 is 0. The topological polar surface area (TPSA) is 59.3 Å². The van der Waals surface area contributed by atoms with Gasteiger partial charge in [-0.25, -0.2) is 4.39 Å². The van der Waals surface area contributed by atoms with Crippen molar-refractivity contribution in [1.82, 2.24) is 25.1 Å². The van der Waals surface area contributed by atoms with Crippen LogP contribution < -0.4 is 9.64 Å². The number of piperazine rings is 1. The van der Waals surface area contributed by atoms with Gasteiger partial charge < -0.3 is 14.5 Å². The van der Waals surface area contributed by atoms with Crippen molar-refractivity contribution in [3.8, 4) is 11.4 Å². The molecule has 1 fully saturated rings. The molecule has 1 aliphatic heterocycles. The van der Waals surface area contributed by atoms with Gasteiger partial charge in [-0.3, -0.25) is 0 Å². The number of rotatable bonds is 5. The molecular formula is C20H21FN6O. The molecule has 0 amide bonds. The maximum Gasteiger partial charge on any atom is 0.181 e.